The van der Waals surface area contributed by atoms with E-state index in [1.165, 1.54) is 19.2 Å². The maximum Gasteiger partial charge on any atom is 0.232 e. The summed E-state index contributed by atoms with van der Waals surface area (Å²) in [5.41, 5.74) is 0.804. The summed E-state index contributed by atoms with van der Waals surface area (Å²) < 4.78 is 24.4. The van der Waals surface area contributed by atoms with Crippen LogP contribution in [0.25, 0.3) is 0 Å². The van der Waals surface area contributed by atoms with Crippen molar-refractivity contribution in [1.82, 2.24) is 20.6 Å². The molecule has 0 spiro atoms. The minimum atomic E-state index is -0.832. The van der Waals surface area contributed by atoms with Gasteiger partial charge in [-0.25, -0.2) is 4.39 Å². The highest BCUT2D eigenvalue weighted by atomic mass is 19.1. The molecule has 2 aromatic carbocycles. The predicted molar refractivity (Wildman–Crippen MR) is 94.2 cm³/mol. The SMILES string of the molecule is COc1ccc(C[C@H](C(=O)Nc2ccccc2F)c2nnn[n-]2)c(OC)c1. The van der Waals surface area contributed by atoms with Crippen molar-refractivity contribution >= 4 is 11.6 Å². The first-order valence-electron chi connectivity index (χ1n) is 8.07. The number of tetrazole rings is 1. The molecule has 1 amide bonds. The Balaban J connectivity index is 1.89. The van der Waals surface area contributed by atoms with Gasteiger partial charge >= 0.3 is 0 Å². The average molecular weight is 370 g/mol. The number of methoxy groups -OCH3 is 2. The lowest BCUT2D eigenvalue weighted by Gasteiger charge is -2.19. The normalized spacial score (nSPS) is 11.7. The van der Waals surface area contributed by atoms with E-state index in [1.807, 2.05) is 0 Å². The summed E-state index contributed by atoms with van der Waals surface area (Å²) in [6, 6.07) is 11.2. The van der Waals surface area contributed by atoms with E-state index in [2.05, 4.69) is 25.9 Å². The number of aromatic nitrogens is 4. The number of amides is 1. The van der Waals surface area contributed by atoms with Gasteiger partial charge in [0, 0.05) is 11.9 Å². The molecular weight excluding hydrogens is 353 g/mol. The first-order valence-corrected chi connectivity index (χ1v) is 8.07. The van der Waals surface area contributed by atoms with Crippen LogP contribution in [0.15, 0.2) is 42.5 Å². The first kappa shape index (κ1) is 18.3. The number of rotatable bonds is 7. The Hall–Kier alpha value is -3.49. The van der Waals surface area contributed by atoms with Crippen molar-refractivity contribution in [2.45, 2.75) is 12.3 Å². The van der Waals surface area contributed by atoms with Gasteiger partial charge in [-0.1, -0.05) is 18.2 Å². The van der Waals surface area contributed by atoms with Gasteiger partial charge in [-0.05, 0) is 30.2 Å². The largest absolute Gasteiger partial charge is 0.497 e. The summed E-state index contributed by atoms with van der Waals surface area (Å²) in [7, 11) is 3.07. The van der Waals surface area contributed by atoms with E-state index in [-0.39, 0.29) is 17.9 Å². The van der Waals surface area contributed by atoms with Crippen molar-refractivity contribution in [3.05, 3.63) is 59.7 Å². The molecule has 140 valence electrons. The number of nitrogens with zero attached hydrogens (tertiary/aromatic N) is 4. The monoisotopic (exact) mass is 370 g/mol. The Kier molecular flexibility index (Phi) is 5.60. The number of benzene rings is 2. The zero-order chi connectivity index (χ0) is 19.2. The number of nitrogens with one attached hydrogen (secondary N) is 1. The van der Waals surface area contributed by atoms with E-state index >= 15 is 0 Å². The third-order valence-corrected chi connectivity index (χ3v) is 4.01. The van der Waals surface area contributed by atoms with Gasteiger partial charge in [0.15, 0.2) is 0 Å². The first-order chi connectivity index (χ1) is 13.1. The Morgan fingerprint density at radius 1 is 1.22 bits per heavy atom. The highest BCUT2D eigenvalue weighted by molar-refractivity contribution is 5.95. The van der Waals surface area contributed by atoms with Crippen molar-refractivity contribution in [3.63, 3.8) is 0 Å². The lowest BCUT2D eigenvalue weighted by molar-refractivity contribution is -0.117. The number of ether oxygens (including phenoxy) is 2. The van der Waals surface area contributed by atoms with Crippen molar-refractivity contribution in [2.24, 2.45) is 0 Å². The van der Waals surface area contributed by atoms with E-state index < -0.39 is 17.6 Å². The number of hydrogen-bond donors (Lipinski definition) is 1. The summed E-state index contributed by atoms with van der Waals surface area (Å²) in [4.78, 5) is 12.8. The zero-order valence-corrected chi connectivity index (χ0v) is 14.7. The van der Waals surface area contributed by atoms with Crippen LogP contribution in [0.3, 0.4) is 0 Å². The number of halogens is 1. The van der Waals surface area contributed by atoms with Gasteiger partial charge in [-0.3, -0.25) is 15.1 Å². The number of carbonyl (C=O) groups is 1. The van der Waals surface area contributed by atoms with Crippen molar-refractivity contribution in [3.8, 4) is 11.5 Å². The van der Waals surface area contributed by atoms with Gasteiger partial charge in [-0.15, -0.1) is 0 Å². The van der Waals surface area contributed by atoms with E-state index in [0.29, 0.717) is 11.5 Å². The van der Waals surface area contributed by atoms with Crippen molar-refractivity contribution in [2.75, 3.05) is 19.5 Å². The highest BCUT2D eigenvalue weighted by Crippen LogP contribution is 2.29. The van der Waals surface area contributed by atoms with E-state index in [1.54, 1.807) is 37.4 Å². The van der Waals surface area contributed by atoms with Crippen LogP contribution in [0.2, 0.25) is 0 Å². The molecule has 9 heteroatoms. The van der Waals surface area contributed by atoms with Crippen LogP contribution in [0.1, 0.15) is 17.3 Å². The van der Waals surface area contributed by atoms with Crippen LogP contribution < -0.4 is 19.9 Å². The molecule has 0 aliphatic rings. The Labute approximate surface area is 154 Å². The second-order valence-electron chi connectivity index (χ2n) is 5.64. The third-order valence-electron chi connectivity index (χ3n) is 4.01. The Morgan fingerprint density at radius 2 is 2.04 bits per heavy atom. The molecule has 0 radical (unpaired) electrons. The fraction of sp³-hybridized carbons (Fsp3) is 0.222. The van der Waals surface area contributed by atoms with E-state index in [4.69, 9.17) is 9.47 Å². The fourth-order valence-corrected chi connectivity index (χ4v) is 2.62. The van der Waals surface area contributed by atoms with Crippen LogP contribution in [0.5, 0.6) is 11.5 Å². The van der Waals surface area contributed by atoms with Gasteiger partial charge in [-0.2, -0.15) is 5.21 Å². The van der Waals surface area contributed by atoms with Crippen LogP contribution in [0.4, 0.5) is 10.1 Å². The summed E-state index contributed by atoms with van der Waals surface area (Å²) in [6.07, 6.45) is 0.209. The molecule has 3 aromatic rings. The number of anilines is 1. The van der Waals surface area contributed by atoms with Gasteiger partial charge in [0.2, 0.25) is 5.91 Å². The molecule has 3 rings (SSSR count). The van der Waals surface area contributed by atoms with Crippen LogP contribution >= 0.6 is 0 Å². The fourth-order valence-electron chi connectivity index (χ4n) is 2.62. The molecule has 0 saturated carbocycles. The maximum absolute atomic E-state index is 13.9. The number of hydrogen-bond acceptors (Lipinski definition) is 6. The Bertz CT molecular complexity index is 917. The summed E-state index contributed by atoms with van der Waals surface area (Å²) in [5.74, 6) is -0.538. The molecule has 1 heterocycles. The van der Waals surface area contributed by atoms with Gasteiger partial charge < -0.3 is 19.9 Å². The zero-order valence-electron chi connectivity index (χ0n) is 14.7. The van der Waals surface area contributed by atoms with Gasteiger partial charge in [0.25, 0.3) is 0 Å². The van der Waals surface area contributed by atoms with E-state index in [0.717, 1.165) is 5.56 Å². The third kappa shape index (κ3) is 4.20. The second-order valence-corrected chi connectivity index (χ2v) is 5.64. The topological polar surface area (TPSA) is 100 Å². The number of carbonyl (C=O) groups excluding carboxylic acids is 1. The molecule has 0 saturated heterocycles. The average Bonchev–Trinajstić information content (AvgIpc) is 3.22. The lowest BCUT2D eigenvalue weighted by Crippen LogP contribution is -2.25. The smallest absolute Gasteiger partial charge is 0.232 e. The molecule has 0 unspecified atom stereocenters. The number of para-hydroxylation sites is 1. The van der Waals surface area contributed by atoms with Crippen LogP contribution in [-0.4, -0.2) is 35.7 Å². The Morgan fingerprint density at radius 3 is 2.70 bits per heavy atom. The maximum atomic E-state index is 13.9. The summed E-state index contributed by atoms with van der Waals surface area (Å²) >= 11 is 0. The quantitative estimate of drug-likeness (QED) is 0.678. The molecule has 0 bridgehead atoms. The molecule has 27 heavy (non-hydrogen) atoms. The molecule has 8 nitrogen and oxygen atoms in total. The molecule has 0 fully saturated rings. The molecule has 1 N–H and O–H groups in total. The van der Waals surface area contributed by atoms with Gasteiger partial charge in [0.05, 0.1) is 25.8 Å². The summed E-state index contributed by atoms with van der Waals surface area (Å²) in [6.45, 7) is 0. The minimum Gasteiger partial charge on any atom is -0.497 e. The van der Waals surface area contributed by atoms with Crippen LogP contribution in [0, 0.1) is 5.82 Å². The molecular formula is C18H17FN5O3-. The summed E-state index contributed by atoms with van der Waals surface area (Å²) in [5, 5.41) is 17.0. The molecule has 1 aromatic heterocycles. The predicted octanol–water partition coefficient (Wildman–Crippen LogP) is 1.95. The minimum absolute atomic E-state index is 0.0710. The lowest BCUT2D eigenvalue weighted by atomic mass is 9.96. The van der Waals surface area contributed by atoms with E-state index in [9.17, 15) is 9.18 Å². The second kappa shape index (κ2) is 8.26. The molecule has 0 aliphatic heterocycles. The van der Waals surface area contributed by atoms with Gasteiger partial charge in [0.1, 0.15) is 17.3 Å². The van der Waals surface area contributed by atoms with Crippen LogP contribution in [-0.2, 0) is 11.2 Å². The molecule has 0 aliphatic carbocycles. The molecule has 1 atom stereocenters. The van der Waals surface area contributed by atoms with Crippen molar-refractivity contribution < 1.29 is 18.7 Å². The highest BCUT2D eigenvalue weighted by Gasteiger charge is 2.23. The standard InChI is InChI=1S/C18H18FN5O3/c1-26-12-8-7-11(16(10-12)27-2)9-13(17-21-23-24-22-17)18(25)20-15-6-4-3-5-14(15)19/h3-8,10,13H,9H2,1-2H3,(H2,20,21,22,23,24,25)/p-1/t13-/m0/s1. The van der Waals surface area contributed by atoms with Crippen molar-refractivity contribution in [1.29, 1.82) is 0 Å².